The van der Waals surface area contributed by atoms with Crippen LogP contribution in [-0.2, 0) is 11.4 Å². The molecule has 0 atom stereocenters. The SMILES string of the molecule is Cc1cc(C)c(NC(=O)CSc2nnc(COc3c(C)cccc3C)o2)c(C)c1. The Hall–Kier alpha value is -2.80. The van der Waals surface area contributed by atoms with Gasteiger partial charge >= 0.3 is 0 Å². The lowest BCUT2D eigenvalue weighted by Crippen LogP contribution is -2.15. The van der Waals surface area contributed by atoms with Crippen molar-refractivity contribution in [3.8, 4) is 5.75 Å². The topological polar surface area (TPSA) is 77.2 Å². The van der Waals surface area contributed by atoms with Crippen molar-refractivity contribution in [3.05, 3.63) is 64.0 Å². The summed E-state index contributed by atoms with van der Waals surface area (Å²) in [4.78, 5) is 12.3. The molecule has 0 aliphatic heterocycles. The van der Waals surface area contributed by atoms with Crippen LogP contribution in [0.25, 0.3) is 0 Å². The Balaban J connectivity index is 1.53. The van der Waals surface area contributed by atoms with E-state index in [-0.39, 0.29) is 18.3 Å². The summed E-state index contributed by atoms with van der Waals surface area (Å²) in [6.07, 6.45) is 0. The summed E-state index contributed by atoms with van der Waals surface area (Å²) in [5, 5.41) is 11.3. The Labute approximate surface area is 175 Å². The van der Waals surface area contributed by atoms with Gasteiger partial charge in [-0.25, -0.2) is 0 Å². The quantitative estimate of drug-likeness (QED) is 0.556. The molecule has 0 aliphatic rings. The van der Waals surface area contributed by atoms with E-state index in [4.69, 9.17) is 9.15 Å². The van der Waals surface area contributed by atoms with Gasteiger partial charge in [0.25, 0.3) is 11.1 Å². The molecular weight excluding hydrogens is 386 g/mol. The number of thioether (sulfide) groups is 1. The maximum absolute atomic E-state index is 12.3. The minimum Gasteiger partial charge on any atom is -0.483 e. The van der Waals surface area contributed by atoms with Crippen molar-refractivity contribution in [2.24, 2.45) is 0 Å². The van der Waals surface area contributed by atoms with Gasteiger partial charge in [0.1, 0.15) is 5.75 Å². The third-order valence-electron chi connectivity index (χ3n) is 4.47. The lowest BCUT2D eigenvalue weighted by Gasteiger charge is -2.12. The first-order valence-electron chi connectivity index (χ1n) is 9.35. The second kappa shape index (κ2) is 9.13. The number of hydrogen-bond acceptors (Lipinski definition) is 6. The lowest BCUT2D eigenvalue weighted by atomic mass is 10.1. The minimum absolute atomic E-state index is 0.114. The number of hydrogen-bond donors (Lipinski definition) is 1. The van der Waals surface area contributed by atoms with E-state index in [0.717, 1.165) is 33.7 Å². The van der Waals surface area contributed by atoms with Crippen molar-refractivity contribution < 1.29 is 13.9 Å². The second-order valence-electron chi connectivity index (χ2n) is 7.08. The molecule has 152 valence electrons. The van der Waals surface area contributed by atoms with Gasteiger partial charge in [0, 0.05) is 5.69 Å². The number of aryl methyl sites for hydroxylation is 5. The van der Waals surface area contributed by atoms with Gasteiger partial charge in [-0.2, -0.15) is 0 Å². The maximum atomic E-state index is 12.3. The fraction of sp³-hybridized carbons (Fsp3) is 0.318. The van der Waals surface area contributed by atoms with Crippen LogP contribution < -0.4 is 10.1 Å². The second-order valence-corrected chi connectivity index (χ2v) is 8.01. The number of carbonyl (C=O) groups excluding carboxylic acids is 1. The van der Waals surface area contributed by atoms with Gasteiger partial charge in [0.15, 0.2) is 6.61 Å². The predicted molar refractivity (Wildman–Crippen MR) is 115 cm³/mol. The van der Waals surface area contributed by atoms with Crippen molar-refractivity contribution >= 4 is 23.4 Å². The third kappa shape index (κ3) is 5.38. The molecule has 1 N–H and O–H groups in total. The minimum atomic E-state index is -0.114. The zero-order valence-electron chi connectivity index (χ0n) is 17.3. The Morgan fingerprint density at radius 1 is 1.03 bits per heavy atom. The van der Waals surface area contributed by atoms with Gasteiger partial charge in [-0.3, -0.25) is 4.79 Å². The fourth-order valence-electron chi connectivity index (χ4n) is 3.20. The normalized spacial score (nSPS) is 10.8. The molecule has 0 spiro atoms. The smallest absolute Gasteiger partial charge is 0.277 e. The summed E-state index contributed by atoms with van der Waals surface area (Å²) in [5.74, 6) is 1.27. The molecule has 0 aliphatic carbocycles. The van der Waals surface area contributed by atoms with E-state index in [2.05, 4.69) is 27.6 Å². The molecule has 29 heavy (non-hydrogen) atoms. The Morgan fingerprint density at radius 2 is 1.69 bits per heavy atom. The van der Waals surface area contributed by atoms with Crippen LogP contribution in [-0.4, -0.2) is 21.9 Å². The number of nitrogens with one attached hydrogen (secondary N) is 1. The number of amides is 1. The molecule has 0 radical (unpaired) electrons. The highest BCUT2D eigenvalue weighted by Gasteiger charge is 2.13. The largest absolute Gasteiger partial charge is 0.483 e. The van der Waals surface area contributed by atoms with E-state index in [9.17, 15) is 4.79 Å². The summed E-state index contributed by atoms with van der Waals surface area (Å²) in [6, 6.07) is 10.1. The fourth-order valence-corrected chi connectivity index (χ4v) is 3.78. The average molecular weight is 412 g/mol. The van der Waals surface area contributed by atoms with Crippen LogP contribution in [0.3, 0.4) is 0 Å². The number of ether oxygens (including phenoxy) is 1. The molecule has 2 aromatic carbocycles. The predicted octanol–water partition coefficient (Wildman–Crippen LogP) is 4.92. The molecule has 0 saturated carbocycles. The number of anilines is 1. The van der Waals surface area contributed by atoms with Crippen molar-refractivity contribution in [3.63, 3.8) is 0 Å². The molecule has 0 bridgehead atoms. The first kappa shape index (κ1) is 20.9. The summed E-state index contributed by atoms with van der Waals surface area (Å²) in [6.45, 7) is 10.2. The van der Waals surface area contributed by atoms with Crippen LogP contribution >= 0.6 is 11.8 Å². The Morgan fingerprint density at radius 3 is 2.34 bits per heavy atom. The molecule has 3 aromatic rings. The van der Waals surface area contributed by atoms with Gasteiger partial charge in [-0.05, 0) is 56.9 Å². The van der Waals surface area contributed by atoms with Crippen LogP contribution in [0.2, 0.25) is 0 Å². The van der Waals surface area contributed by atoms with Gasteiger partial charge in [-0.15, -0.1) is 10.2 Å². The molecule has 1 aromatic heterocycles. The summed E-state index contributed by atoms with van der Waals surface area (Å²) < 4.78 is 11.4. The van der Waals surface area contributed by atoms with Gasteiger partial charge in [0.2, 0.25) is 5.91 Å². The monoisotopic (exact) mass is 411 g/mol. The number of benzene rings is 2. The van der Waals surface area contributed by atoms with E-state index >= 15 is 0 Å². The Kier molecular flexibility index (Phi) is 6.59. The Bertz CT molecular complexity index is 987. The molecule has 3 rings (SSSR count). The van der Waals surface area contributed by atoms with Gasteiger partial charge < -0.3 is 14.5 Å². The van der Waals surface area contributed by atoms with Crippen molar-refractivity contribution in [1.29, 1.82) is 0 Å². The van der Waals surface area contributed by atoms with Crippen LogP contribution in [0.1, 0.15) is 33.7 Å². The lowest BCUT2D eigenvalue weighted by molar-refractivity contribution is -0.113. The number of rotatable bonds is 7. The molecular formula is C22H25N3O3S. The molecule has 1 amide bonds. The molecule has 7 heteroatoms. The van der Waals surface area contributed by atoms with Gasteiger partial charge in [-0.1, -0.05) is 47.7 Å². The molecule has 0 unspecified atom stereocenters. The van der Waals surface area contributed by atoms with Crippen LogP contribution in [0.15, 0.2) is 40.0 Å². The highest BCUT2D eigenvalue weighted by atomic mass is 32.2. The highest BCUT2D eigenvalue weighted by Crippen LogP contribution is 2.25. The zero-order valence-corrected chi connectivity index (χ0v) is 18.1. The highest BCUT2D eigenvalue weighted by molar-refractivity contribution is 7.99. The summed E-state index contributed by atoms with van der Waals surface area (Å²) in [7, 11) is 0. The van der Waals surface area contributed by atoms with Crippen LogP contribution in [0.5, 0.6) is 5.75 Å². The number of aromatic nitrogens is 2. The molecule has 0 saturated heterocycles. The van der Waals surface area contributed by atoms with Crippen LogP contribution in [0.4, 0.5) is 5.69 Å². The first-order valence-corrected chi connectivity index (χ1v) is 10.3. The van der Waals surface area contributed by atoms with Crippen molar-refractivity contribution in [2.45, 2.75) is 46.4 Å². The number of para-hydroxylation sites is 1. The molecule has 6 nitrogen and oxygen atoms in total. The zero-order chi connectivity index (χ0) is 21.0. The van der Waals surface area contributed by atoms with Crippen molar-refractivity contribution in [2.75, 3.05) is 11.1 Å². The van der Waals surface area contributed by atoms with E-state index in [1.807, 2.05) is 52.8 Å². The van der Waals surface area contributed by atoms with Gasteiger partial charge in [0.05, 0.1) is 5.75 Å². The first-order chi connectivity index (χ1) is 13.8. The van der Waals surface area contributed by atoms with Crippen LogP contribution in [0, 0.1) is 34.6 Å². The standard InChI is InChI=1S/C22H25N3O3S/c1-13-9-16(4)20(17(5)10-13)23-18(26)12-29-22-25-24-19(28-22)11-27-21-14(2)7-6-8-15(21)3/h6-10H,11-12H2,1-5H3,(H,23,26). The summed E-state index contributed by atoms with van der Waals surface area (Å²) in [5.41, 5.74) is 6.23. The van der Waals surface area contributed by atoms with E-state index in [0.29, 0.717) is 11.1 Å². The molecule has 0 fully saturated rings. The third-order valence-corrected chi connectivity index (χ3v) is 5.28. The maximum Gasteiger partial charge on any atom is 0.277 e. The summed E-state index contributed by atoms with van der Waals surface area (Å²) >= 11 is 1.20. The average Bonchev–Trinajstić information content (AvgIpc) is 3.10. The number of nitrogens with zero attached hydrogens (tertiary/aromatic N) is 2. The number of carbonyl (C=O) groups is 1. The van der Waals surface area contributed by atoms with Crippen molar-refractivity contribution in [1.82, 2.24) is 10.2 Å². The van der Waals surface area contributed by atoms with E-state index < -0.39 is 0 Å². The van der Waals surface area contributed by atoms with E-state index in [1.165, 1.54) is 17.3 Å². The van der Waals surface area contributed by atoms with E-state index in [1.54, 1.807) is 0 Å². The molecule has 1 heterocycles.